The van der Waals surface area contributed by atoms with Gasteiger partial charge in [-0.1, -0.05) is 19.4 Å². The van der Waals surface area contributed by atoms with Crippen molar-refractivity contribution in [2.75, 3.05) is 0 Å². The zero-order valence-corrected chi connectivity index (χ0v) is 14.3. The van der Waals surface area contributed by atoms with Crippen LogP contribution >= 0.6 is 0 Å². The summed E-state index contributed by atoms with van der Waals surface area (Å²) in [4.78, 5) is 11.8. The molecule has 2 nitrogen and oxygen atoms in total. The van der Waals surface area contributed by atoms with Crippen LogP contribution in [0.3, 0.4) is 0 Å². The highest BCUT2D eigenvalue weighted by Gasteiger charge is 2.62. The molecule has 6 atom stereocenters. The number of fused-ring (bicyclic) bond motifs is 5. The first-order chi connectivity index (χ1) is 10.3. The third-order valence-corrected chi connectivity index (χ3v) is 8.52. The molecule has 3 saturated carbocycles. The third-order valence-electron chi connectivity index (χ3n) is 8.52. The highest BCUT2D eigenvalue weighted by atomic mass is 16.3. The number of ketones is 1. The summed E-state index contributed by atoms with van der Waals surface area (Å²) in [6.07, 6.45) is 10.7. The summed E-state index contributed by atoms with van der Waals surface area (Å²) in [6, 6.07) is 0. The number of rotatable bonds is 0. The Morgan fingerprint density at radius 3 is 2.50 bits per heavy atom. The van der Waals surface area contributed by atoms with E-state index in [1.165, 1.54) is 24.8 Å². The molecular formula is C20H30O2. The van der Waals surface area contributed by atoms with E-state index in [1.807, 2.05) is 6.08 Å². The molecule has 0 amide bonds. The smallest absolute Gasteiger partial charge is 0.155 e. The SMILES string of the molecule is C[C@]12CCC(=O)C=C1CC[C@@H]1[C@H]3CC[C@](C)(O)[C@@]3(C)CC[C@@H]12. The molecule has 0 aliphatic heterocycles. The van der Waals surface area contributed by atoms with Gasteiger partial charge in [0, 0.05) is 6.42 Å². The predicted octanol–water partition coefficient (Wildman–Crippen LogP) is 4.27. The van der Waals surface area contributed by atoms with Gasteiger partial charge in [-0.2, -0.15) is 0 Å². The van der Waals surface area contributed by atoms with Crippen LogP contribution in [0.4, 0.5) is 0 Å². The summed E-state index contributed by atoms with van der Waals surface area (Å²) in [5.41, 5.74) is 1.32. The van der Waals surface area contributed by atoms with E-state index in [4.69, 9.17) is 0 Å². The van der Waals surface area contributed by atoms with Crippen LogP contribution in [0.1, 0.15) is 72.1 Å². The van der Waals surface area contributed by atoms with Crippen molar-refractivity contribution in [3.05, 3.63) is 11.6 Å². The van der Waals surface area contributed by atoms with Crippen molar-refractivity contribution in [2.24, 2.45) is 28.6 Å². The standard InChI is InChI=1S/C20H30O2/c1-18-9-6-14(21)12-13(18)4-5-15-16(18)7-10-19(2)17(15)8-11-20(19,3)22/h12,15-17,22H,4-11H2,1-3H3/t15-,16-,17+,18-,19-,20-/m0/s1. The van der Waals surface area contributed by atoms with Crippen molar-refractivity contribution in [3.8, 4) is 0 Å². The lowest BCUT2D eigenvalue weighted by atomic mass is 9.46. The fraction of sp³-hybridized carbons (Fsp3) is 0.850. The Bertz CT molecular complexity index is 546. The fourth-order valence-corrected chi connectivity index (χ4v) is 6.80. The molecule has 4 rings (SSSR count). The molecule has 0 aromatic rings. The van der Waals surface area contributed by atoms with E-state index >= 15 is 0 Å². The minimum Gasteiger partial charge on any atom is -0.390 e. The quantitative estimate of drug-likeness (QED) is 0.725. The first kappa shape index (κ1) is 14.9. The van der Waals surface area contributed by atoms with Gasteiger partial charge in [0.1, 0.15) is 0 Å². The topological polar surface area (TPSA) is 37.3 Å². The summed E-state index contributed by atoms with van der Waals surface area (Å²) in [7, 11) is 0. The zero-order valence-electron chi connectivity index (χ0n) is 14.3. The molecule has 4 aliphatic rings. The minimum atomic E-state index is -0.484. The number of allylic oxidation sites excluding steroid dienone is 1. The van der Waals surface area contributed by atoms with Crippen LogP contribution in [0.2, 0.25) is 0 Å². The maximum atomic E-state index is 11.8. The first-order valence-electron chi connectivity index (χ1n) is 9.24. The van der Waals surface area contributed by atoms with Gasteiger partial charge in [-0.05, 0) is 86.5 Å². The molecule has 1 N–H and O–H groups in total. The second-order valence-corrected chi connectivity index (χ2v) is 9.24. The monoisotopic (exact) mass is 302 g/mol. The van der Waals surface area contributed by atoms with Crippen molar-refractivity contribution in [1.29, 1.82) is 0 Å². The second kappa shape index (κ2) is 4.47. The molecule has 0 heterocycles. The lowest BCUT2D eigenvalue weighted by molar-refractivity contribution is -0.124. The summed E-state index contributed by atoms with van der Waals surface area (Å²) in [6.45, 7) is 6.85. The molecule has 0 aromatic carbocycles. The summed E-state index contributed by atoms with van der Waals surface area (Å²) in [5, 5.41) is 10.9. The molecule has 0 bridgehead atoms. The Balaban J connectivity index is 1.70. The number of hydrogen-bond donors (Lipinski definition) is 1. The molecule has 2 heteroatoms. The van der Waals surface area contributed by atoms with Crippen molar-refractivity contribution in [1.82, 2.24) is 0 Å². The Hall–Kier alpha value is -0.630. The molecular weight excluding hydrogens is 272 g/mol. The lowest BCUT2D eigenvalue weighted by Gasteiger charge is -2.58. The summed E-state index contributed by atoms with van der Waals surface area (Å²) in [5.74, 6) is 2.50. The van der Waals surface area contributed by atoms with Gasteiger partial charge in [0.15, 0.2) is 5.78 Å². The van der Waals surface area contributed by atoms with Gasteiger partial charge in [-0.3, -0.25) is 4.79 Å². The molecule has 122 valence electrons. The van der Waals surface area contributed by atoms with Gasteiger partial charge in [0.2, 0.25) is 0 Å². The van der Waals surface area contributed by atoms with Gasteiger partial charge in [-0.25, -0.2) is 0 Å². The van der Waals surface area contributed by atoms with Gasteiger partial charge < -0.3 is 5.11 Å². The van der Waals surface area contributed by atoms with E-state index in [0.29, 0.717) is 11.7 Å². The van der Waals surface area contributed by atoms with Crippen molar-refractivity contribution in [2.45, 2.75) is 77.7 Å². The van der Waals surface area contributed by atoms with Crippen LogP contribution in [-0.4, -0.2) is 16.5 Å². The predicted molar refractivity (Wildman–Crippen MR) is 87.3 cm³/mol. The van der Waals surface area contributed by atoms with Gasteiger partial charge in [0.05, 0.1) is 5.60 Å². The number of hydrogen-bond acceptors (Lipinski definition) is 2. The van der Waals surface area contributed by atoms with E-state index in [9.17, 15) is 9.90 Å². The average Bonchev–Trinajstić information content (AvgIpc) is 2.70. The molecule has 22 heavy (non-hydrogen) atoms. The van der Waals surface area contributed by atoms with Gasteiger partial charge >= 0.3 is 0 Å². The number of carbonyl (C=O) groups excluding carboxylic acids is 1. The lowest BCUT2D eigenvalue weighted by Crippen LogP contribution is -2.53. The Morgan fingerprint density at radius 2 is 1.73 bits per heavy atom. The van der Waals surface area contributed by atoms with Gasteiger partial charge in [0.25, 0.3) is 0 Å². The Morgan fingerprint density at radius 1 is 1.00 bits per heavy atom. The normalized spacial score (nSPS) is 54.3. The largest absolute Gasteiger partial charge is 0.390 e. The van der Waals surface area contributed by atoms with Crippen LogP contribution in [0.5, 0.6) is 0 Å². The van der Waals surface area contributed by atoms with Crippen molar-refractivity contribution in [3.63, 3.8) is 0 Å². The van der Waals surface area contributed by atoms with Gasteiger partial charge in [-0.15, -0.1) is 0 Å². The second-order valence-electron chi connectivity index (χ2n) is 9.24. The average molecular weight is 302 g/mol. The zero-order chi connectivity index (χ0) is 15.8. The van der Waals surface area contributed by atoms with Crippen LogP contribution in [0, 0.1) is 28.6 Å². The molecule has 0 aromatic heterocycles. The molecule has 3 fully saturated rings. The maximum absolute atomic E-state index is 11.8. The van der Waals surface area contributed by atoms with E-state index in [0.717, 1.165) is 43.9 Å². The Labute approximate surface area is 134 Å². The van der Waals surface area contributed by atoms with Crippen LogP contribution in [0.25, 0.3) is 0 Å². The number of aliphatic hydroxyl groups is 1. The van der Waals surface area contributed by atoms with Crippen molar-refractivity contribution < 1.29 is 9.90 Å². The fourth-order valence-electron chi connectivity index (χ4n) is 6.80. The first-order valence-corrected chi connectivity index (χ1v) is 9.24. The number of carbonyl (C=O) groups is 1. The summed E-state index contributed by atoms with van der Waals surface area (Å²) >= 11 is 0. The summed E-state index contributed by atoms with van der Waals surface area (Å²) < 4.78 is 0. The molecule has 4 aliphatic carbocycles. The van der Waals surface area contributed by atoms with E-state index in [2.05, 4.69) is 20.8 Å². The molecule has 0 radical (unpaired) electrons. The highest BCUT2D eigenvalue weighted by Crippen LogP contribution is 2.67. The minimum absolute atomic E-state index is 0.107. The molecule has 0 spiro atoms. The molecule has 0 unspecified atom stereocenters. The van der Waals surface area contributed by atoms with Crippen molar-refractivity contribution >= 4 is 5.78 Å². The van der Waals surface area contributed by atoms with E-state index < -0.39 is 5.60 Å². The van der Waals surface area contributed by atoms with Crippen LogP contribution in [0.15, 0.2) is 11.6 Å². The Kier molecular flexibility index (Phi) is 3.03. The maximum Gasteiger partial charge on any atom is 0.155 e. The molecule has 0 saturated heterocycles. The third kappa shape index (κ3) is 1.74. The van der Waals surface area contributed by atoms with Crippen LogP contribution in [-0.2, 0) is 4.79 Å². The van der Waals surface area contributed by atoms with E-state index in [1.54, 1.807) is 0 Å². The highest BCUT2D eigenvalue weighted by molar-refractivity contribution is 5.91. The van der Waals surface area contributed by atoms with Crippen LogP contribution < -0.4 is 0 Å². The van der Waals surface area contributed by atoms with E-state index in [-0.39, 0.29) is 10.8 Å².